The van der Waals surface area contributed by atoms with Crippen molar-refractivity contribution in [2.24, 2.45) is 0 Å². The van der Waals surface area contributed by atoms with Gasteiger partial charge in [-0.3, -0.25) is 9.20 Å². The lowest BCUT2D eigenvalue weighted by molar-refractivity contribution is -0.115. The first-order valence-electron chi connectivity index (χ1n) is 9.33. The molecule has 8 heteroatoms. The predicted octanol–water partition coefficient (Wildman–Crippen LogP) is 5.12. The average Bonchev–Trinajstić information content (AvgIpc) is 3.11. The molecule has 1 amide bonds. The van der Waals surface area contributed by atoms with Gasteiger partial charge in [0.1, 0.15) is 17.4 Å². The summed E-state index contributed by atoms with van der Waals surface area (Å²) >= 11 is 0. The Morgan fingerprint density at radius 1 is 1.07 bits per heavy atom. The molecule has 0 spiro atoms. The van der Waals surface area contributed by atoms with Gasteiger partial charge in [-0.2, -0.15) is 0 Å². The molecule has 0 bridgehead atoms. The first kappa shape index (κ1) is 19.5. The van der Waals surface area contributed by atoms with Gasteiger partial charge < -0.3 is 10.1 Å². The van der Waals surface area contributed by atoms with Gasteiger partial charge in [0.2, 0.25) is 5.91 Å². The number of anilines is 1. The molecule has 0 radical (unpaired) electrons. The lowest BCUT2D eigenvalue weighted by Crippen LogP contribution is -2.09. The second kappa shape index (κ2) is 7.90. The lowest BCUT2D eigenvalue weighted by atomic mass is 10.1. The van der Waals surface area contributed by atoms with Crippen molar-refractivity contribution >= 4 is 17.2 Å². The van der Waals surface area contributed by atoms with Crippen LogP contribution in [0.25, 0.3) is 16.8 Å². The highest BCUT2D eigenvalue weighted by atomic mass is 19.1. The highest BCUT2D eigenvalue weighted by Gasteiger charge is 2.14. The summed E-state index contributed by atoms with van der Waals surface area (Å²) in [5.41, 5.74) is 2.61. The molecule has 2 aromatic carbocycles. The molecule has 0 aliphatic heterocycles. The van der Waals surface area contributed by atoms with Crippen molar-refractivity contribution in [3.8, 4) is 22.6 Å². The number of amides is 1. The molecule has 0 saturated carbocycles. The second-order valence-electron chi connectivity index (χ2n) is 6.68. The molecule has 0 unspecified atom stereocenters. The van der Waals surface area contributed by atoms with Crippen LogP contribution in [0.1, 0.15) is 19.2 Å². The van der Waals surface area contributed by atoms with Crippen LogP contribution in [0, 0.1) is 18.6 Å². The first-order chi connectivity index (χ1) is 14.4. The number of nitrogens with one attached hydrogen (secondary N) is 1. The summed E-state index contributed by atoms with van der Waals surface area (Å²) in [6.07, 6.45) is 2.17. The van der Waals surface area contributed by atoms with Crippen molar-refractivity contribution in [1.29, 1.82) is 0 Å². The van der Waals surface area contributed by atoms with Crippen molar-refractivity contribution < 1.29 is 18.3 Å². The molecule has 2 heterocycles. The smallest absolute Gasteiger partial charge is 0.224 e. The van der Waals surface area contributed by atoms with Crippen molar-refractivity contribution in [2.75, 3.05) is 5.32 Å². The molecule has 4 aromatic rings. The standard InChI is InChI=1S/C22H18F2N4O2/c1-3-22(29)25-16-6-8-19(30-20-7-5-15(23)10-18(20)24)17(11-16)14-4-9-21-27-26-13(2)28(21)12-14/h4-12H,3H2,1-2H3,(H,25,29). The van der Waals surface area contributed by atoms with Gasteiger partial charge >= 0.3 is 0 Å². The van der Waals surface area contributed by atoms with Crippen LogP contribution in [-0.2, 0) is 4.79 Å². The number of nitrogens with zero attached hydrogens (tertiary/aromatic N) is 3. The summed E-state index contributed by atoms with van der Waals surface area (Å²) in [5, 5.41) is 10.9. The minimum absolute atomic E-state index is 0.107. The van der Waals surface area contributed by atoms with Crippen LogP contribution in [0.5, 0.6) is 11.5 Å². The molecule has 0 aliphatic rings. The lowest BCUT2D eigenvalue weighted by Gasteiger charge is -2.14. The van der Waals surface area contributed by atoms with Crippen LogP contribution in [0.2, 0.25) is 0 Å². The van der Waals surface area contributed by atoms with Gasteiger partial charge in [-0.15, -0.1) is 10.2 Å². The first-order valence-corrected chi connectivity index (χ1v) is 9.33. The maximum Gasteiger partial charge on any atom is 0.224 e. The third kappa shape index (κ3) is 3.84. The third-order valence-corrected chi connectivity index (χ3v) is 4.58. The summed E-state index contributed by atoms with van der Waals surface area (Å²) in [6, 6.07) is 11.8. The molecule has 152 valence electrons. The van der Waals surface area contributed by atoms with Gasteiger partial charge in [0, 0.05) is 35.5 Å². The largest absolute Gasteiger partial charge is 0.454 e. The van der Waals surface area contributed by atoms with Crippen molar-refractivity contribution in [3.63, 3.8) is 0 Å². The highest BCUT2D eigenvalue weighted by Crippen LogP contribution is 2.36. The second-order valence-corrected chi connectivity index (χ2v) is 6.68. The molecule has 0 fully saturated rings. The number of benzene rings is 2. The zero-order valence-electron chi connectivity index (χ0n) is 16.3. The van der Waals surface area contributed by atoms with Gasteiger partial charge in [-0.1, -0.05) is 6.92 Å². The SMILES string of the molecule is CCC(=O)Nc1ccc(Oc2ccc(F)cc2F)c(-c2ccc3nnc(C)n3c2)c1. The number of fused-ring (bicyclic) bond motifs is 1. The number of halogens is 2. The Hall–Kier alpha value is -3.81. The van der Waals surface area contributed by atoms with E-state index in [0.717, 1.165) is 17.7 Å². The van der Waals surface area contributed by atoms with Gasteiger partial charge in [0.05, 0.1) is 0 Å². The van der Waals surface area contributed by atoms with Crippen LogP contribution in [0.4, 0.5) is 14.5 Å². The van der Waals surface area contributed by atoms with E-state index in [2.05, 4.69) is 15.5 Å². The van der Waals surface area contributed by atoms with Crippen LogP contribution < -0.4 is 10.1 Å². The Kier molecular flexibility index (Phi) is 5.14. The topological polar surface area (TPSA) is 68.5 Å². The van der Waals surface area contributed by atoms with Gasteiger partial charge in [0.15, 0.2) is 17.2 Å². The number of carbonyl (C=O) groups is 1. The Morgan fingerprint density at radius 3 is 2.63 bits per heavy atom. The predicted molar refractivity (Wildman–Crippen MR) is 109 cm³/mol. The minimum Gasteiger partial charge on any atom is -0.454 e. The fraction of sp³-hybridized carbons (Fsp3) is 0.136. The molecule has 6 nitrogen and oxygen atoms in total. The number of pyridine rings is 1. The van der Waals surface area contributed by atoms with E-state index >= 15 is 0 Å². The van der Waals surface area contributed by atoms with Crippen LogP contribution in [0.3, 0.4) is 0 Å². The number of aromatic nitrogens is 3. The Balaban J connectivity index is 1.82. The normalized spacial score (nSPS) is 10.9. The zero-order chi connectivity index (χ0) is 21.3. The Bertz CT molecular complexity index is 1250. The van der Waals surface area contributed by atoms with E-state index in [9.17, 15) is 13.6 Å². The molecule has 4 rings (SSSR count). The fourth-order valence-corrected chi connectivity index (χ4v) is 3.01. The molecule has 30 heavy (non-hydrogen) atoms. The number of hydrogen-bond acceptors (Lipinski definition) is 4. The van der Waals surface area contributed by atoms with Gasteiger partial charge in [-0.25, -0.2) is 8.78 Å². The Labute approximate surface area is 171 Å². The molecule has 2 aromatic heterocycles. The van der Waals surface area contributed by atoms with Gasteiger partial charge in [-0.05, 0) is 49.4 Å². The van der Waals surface area contributed by atoms with E-state index in [4.69, 9.17) is 4.74 Å². The zero-order valence-corrected chi connectivity index (χ0v) is 16.3. The van der Waals surface area contributed by atoms with E-state index < -0.39 is 11.6 Å². The van der Waals surface area contributed by atoms with Crippen molar-refractivity contribution in [3.05, 3.63) is 72.2 Å². The van der Waals surface area contributed by atoms with E-state index in [-0.39, 0.29) is 11.7 Å². The number of aryl methyl sites for hydroxylation is 1. The van der Waals surface area contributed by atoms with Crippen molar-refractivity contribution in [1.82, 2.24) is 14.6 Å². The summed E-state index contributed by atoms with van der Waals surface area (Å²) in [6.45, 7) is 3.58. The summed E-state index contributed by atoms with van der Waals surface area (Å²) < 4.78 is 35.0. The summed E-state index contributed by atoms with van der Waals surface area (Å²) in [5.74, 6) is -0.691. The quantitative estimate of drug-likeness (QED) is 0.497. The molecule has 1 N–H and O–H groups in total. The van der Waals surface area contributed by atoms with Crippen molar-refractivity contribution in [2.45, 2.75) is 20.3 Å². The summed E-state index contributed by atoms with van der Waals surface area (Å²) in [7, 11) is 0. The fourth-order valence-electron chi connectivity index (χ4n) is 3.01. The average molecular weight is 408 g/mol. The molecular weight excluding hydrogens is 390 g/mol. The monoisotopic (exact) mass is 408 g/mol. The molecule has 0 aliphatic carbocycles. The molecule has 0 atom stereocenters. The maximum absolute atomic E-state index is 14.1. The van der Waals surface area contributed by atoms with E-state index in [1.54, 1.807) is 31.2 Å². The van der Waals surface area contributed by atoms with E-state index in [0.29, 0.717) is 34.9 Å². The number of rotatable bonds is 5. The summed E-state index contributed by atoms with van der Waals surface area (Å²) in [4.78, 5) is 11.8. The number of ether oxygens (including phenoxy) is 1. The minimum atomic E-state index is -0.811. The molecular formula is C22H18F2N4O2. The van der Waals surface area contributed by atoms with E-state index in [1.165, 1.54) is 6.07 Å². The third-order valence-electron chi connectivity index (χ3n) is 4.58. The maximum atomic E-state index is 14.1. The highest BCUT2D eigenvalue weighted by molar-refractivity contribution is 5.91. The number of hydrogen-bond donors (Lipinski definition) is 1. The number of carbonyl (C=O) groups excluding carboxylic acids is 1. The molecule has 0 saturated heterocycles. The van der Waals surface area contributed by atoms with Gasteiger partial charge in [0.25, 0.3) is 0 Å². The van der Waals surface area contributed by atoms with Crippen LogP contribution in [-0.4, -0.2) is 20.5 Å². The van der Waals surface area contributed by atoms with Crippen LogP contribution >= 0.6 is 0 Å². The van der Waals surface area contributed by atoms with E-state index in [1.807, 2.05) is 23.6 Å². The Morgan fingerprint density at radius 2 is 1.87 bits per heavy atom. The van der Waals surface area contributed by atoms with Crippen LogP contribution in [0.15, 0.2) is 54.7 Å².